The fourth-order valence-corrected chi connectivity index (χ4v) is 2.60. The quantitative estimate of drug-likeness (QED) is 0.309. The molecule has 0 aliphatic heterocycles. The summed E-state index contributed by atoms with van der Waals surface area (Å²) in [7, 11) is 0. The molecule has 0 amide bonds. The second-order valence-corrected chi connectivity index (χ2v) is 11.2. The summed E-state index contributed by atoms with van der Waals surface area (Å²) >= 11 is 15.1. The molecule has 0 N–H and O–H groups in total. The zero-order valence-corrected chi connectivity index (χ0v) is 9.56. The van der Waals surface area contributed by atoms with Gasteiger partial charge in [-0.25, -0.2) is 0 Å². The molecule has 0 fully saturated rings. The summed E-state index contributed by atoms with van der Waals surface area (Å²) in [6, 6.07) is 1.02. The molecular weight excluding hydrogens is 239 g/mol. The highest BCUT2D eigenvalue weighted by Gasteiger charge is 2.19. The van der Waals surface area contributed by atoms with Crippen molar-refractivity contribution >= 4 is 44.8 Å². The first-order valence-corrected chi connectivity index (χ1v) is 8.85. The number of unbranched alkanes of at least 4 members (excludes halogenated alkanes) is 1. The largest absolute Gasteiger partial charge is 0.248 e. The number of alkyl halides is 1. The van der Waals surface area contributed by atoms with Crippen LogP contribution in [0.25, 0.3) is 0 Å². The molecule has 0 aromatic rings. The molecule has 0 aromatic heterocycles. The minimum Gasteiger partial charge on any atom is -0.146 e. The van der Waals surface area contributed by atoms with E-state index >= 15 is 0 Å². The van der Waals surface area contributed by atoms with E-state index in [0.29, 0.717) is 0 Å². The lowest BCUT2D eigenvalue weighted by atomic mass is 10.4. The third kappa shape index (κ3) is 9.28. The van der Waals surface area contributed by atoms with Gasteiger partial charge in [-0.15, -0.1) is 22.2 Å². The molecule has 0 heterocycles. The van der Waals surface area contributed by atoms with Gasteiger partial charge in [-0.1, -0.05) is 22.4 Å². The van der Waals surface area contributed by atoms with E-state index in [1.165, 1.54) is 6.42 Å². The molecule has 0 rings (SSSR count). The third-order valence-corrected chi connectivity index (χ3v) is 3.93. The number of hydrogen-bond acceptors (Lipinski definition) is 0. The van der Waals surface area contributed by atoms with Crippen LogP contribution in [0, 0.1) is 0 Å². The minimum absolute atomic E-state index is 1.02. The van der Waals surface area contributed by atoms with Crippen LogP contribution in [0.5, 0.6) is 0 Å². The number of hydrogen-bond donors (Lipinski definition) is 0. The average molecular weight is 250 g/mol. The number of rotatable bonds is 4. The first kappa shape index (κ1) is 10.3. The first-order valence-electron chi connectivity index (χ1n) is 3.00. The maximum Gasteiger partial charge on any atom is 0.248 e. The Morgan fingerprint density at radius 1 is 1.33 bits per heavy atom. The van der Waals surface area contributed by atoms with Gasteiger partial charge in [0.05, 0.1) is 0 Å². The lowest BCUT2D eigenvalue weighted by Crippen LogP contribution is -2.11. The second-order valence-electron chi connectivity index (χ2n) is 2.22. The smallest absolute Gasteiger partial charge is 0.146 e. The highest BCUT2D eigenvalue weighted by molar-refractivity contribution is 9.09. The summed E-state index contributed by atoms with van der Waals surface area (Å²) in [5, 5.41) is 1.06. The van der Waals surface area contributed by atoms with E-state index in [-0.39, 0.29) is 0 Å². The van der Waals surface area contributed by atoms with Gasteiger partial charge in [-0.3, -0.25) is 0 Å². The molecule has 0 saturated carbocycles. The molecule has 4 heteroatoms. The molecule has 0 saturated heterocycles. The first-order chi connectivity index (χ1) is 4.06. The lowest BCUT2D eigenvalue weighted by molar-refractivity contribution is 0.892. The van der Waals surface area contributed by atoms with Crippen LogP contribution in [-0.4, -0.2) is 12.0 Å². The van der Waals surface area contributed by atoms with Crippen molar-refractivity contribution in [1.82, 2.24) is 0 Å². The summed E-state index contributed by atoms with van der Waals surface area (Å²) in [6.07, 6.45) is 2.34. The van der Waals surface area contributed by atoms with E-state index < -0.39 is 6.69 Å². The van der Waals surface area contributed by atoms with Crippen molar-refractivity contribution in [2.75, 3.05) is 5.33 Å². The van der Waals surface area contributed by atoms with Crippen LogP contribution in [0.1, 0.15) is 12.8 Å². The Balaban J connectivity index is 3.07. The van der Waals surface area contributed by atoms with Crippen LogP contribution in [0.15, 0.2) is 0 Å². The van der Waals surface area contributed by atoms with Gasteiger partial charge in [0, 0.05) is 5.33 Å². The van der Waals surface area contributed by atoms with Crippen molar-refractivity contribution < 1.29 is 0 Å². The molecule has 0 bridgehead atoms. The molecule has 0 unspecified atom stereocenters. The Morgan fingerprint density at radius 2 is 1.89 bits per heavy atom. The molecule has 0 aliphatic rings. The molecule has 56 valence electrons. The van der Waals surface area contributed by atoms with Crippen LogP contribution < -0.4 is 0 Å². The van der Waals surface area contributed by atoms with Crippen LogP contribution in [0.2, 0.25) is 12.6 Å². The highest BCUT2D eigenvalue weighted by atomic mass is 79.9. The van der Waals surface area contributed by atoms with E-state index in [1.54, 1.807) is 0 Å². The fourth-order valence-electron chi connectivity index (χ4n) is 0.530. The Kier molecular flexibility index (Phi) is 5.71. The van der Waals surface area contributed by atoms with Crippen molar-refractivity contribution in [1.29, 1.82) is 0 Å². The van der Waals surface area contributed by atoms with Gasteiger partial charge < -0.3 is 0 Å². The monoisotopic (exact) mass is 248 g/mol. The predicted molar refractivity (Wildman–Crippen MR) is 51.2 cm³/mol. The second kappa shape index (κ2) is 5.00. The zero-order chi connectivity index (χ0) is 7.33. The van der Waals surface area contributed by atoms with E-state index in [1.807, 2.05) is 6.55 Å². The van der Waals surface area contributed by atoms with Crippen molar-refractivity contribution in [3.63, 3.8) is 0 Å². The summed E-state index contributed by atoms with van der Waals surface area (Å²) in [4.78, 5) is 0. The van der Waals surface area contributed by atoms with Crippen molar-refractivity contribution in [3.8, 4) is 0 Å². The highest BCUT2D eigenvalue weighted by Crippen LogP contribution is 2.22. The Hall–Kier alpha value is 1.28. The molecule has 0 nitrogen and oxygen atoms in total. The molecular formula is C5H11BrCl2Si. The molecule has 9 heavy (non-hydrogen) atoms. The normalized spacial score (nSPS) is 12.0. The maximum atomic E-state index is 5.86. The lowest BCUT2D eigenvalue weighted by Gasteiger charge is -2.07. The Bertz CT molecular complexity index is 71.8. The van der Waals surface area contributed by atoms with Crippen LogP contribution in [0.3, 0.4) is 0 Å². The number of halogens is 3. The zero-order valence-electron chi connectivity index (χ0n) is 5.46. The fraction of sp³-hybridized carbons (Fsp3) is 1.00. The summed E-state index contributed by atoms with van der Waals surface area (Å²) in [5.74, 6) is 0. The third-order valence-electron chi connectivity index (χ3n) is 0.999. The Labute approximate surface area is 75.5 Å². The van der Waals surface area contributed by atoms with Crippen molar-refractivity contribution in [2.24, 2.45) is 0 Å². The summed E-state index contributed by atoms with van der Waals surface area (Å²) in [6.45, 7) is 0.192. The van der Waals surface area contributed by atoms with Gasteiger partial charge in [-0.05, 0) is 19.0 Å². The minimum atomic E-state index is -1.77. The van der Waals surface area contributed by atoms with E-state index in [9.17, 15) is 0 Å². The van der Waals surface area contributed by atoms with E-state index in [4.69, 9.17) is 22.2 Å². The topological polar surface area (TPSA) is 0 Å². The van der Waals surface area contributed by atoms with Gasteiger partial charge in [0.15, 0.2) is 0 Å². The van der Waals surface area contributed by atoms with E-state index in [0.717, 1.165) is 17.8 Å². The molecule has 0 radical (unpaired) electrons. The van der Waals surface area contributed by atoms with Crippen LogP contribution in [0.4, 0.5) is 0 Å². The molecule has 0 aliphatic carbocycles. The van der Waals surface area contributed by atoms with Crippen molar-refractivity contribution in [3.05, 3.63) is 0 Å². The van der Waals surface area contributed by atoms with Gasteiger partial charge in [-0.2, -0.15) is 0 Å². The van der Waals surface area contributed by atoms with Crippen LogP contribution in [-0.2, 0) is 0 Å². The van der Waals surface area contributed by atoms with Gasteiger partial charge in [0.2, 0.25) is 6.69 Å². The molecule has 0 atom stereocenters. The van der Waals surface area contributed by atoms with Gasteiger partial charge in [0.1, 0.15) is 0 Å². The summed E-state index contributed by atoms with van der Waals surface area (Å²) < 4.78 is 0. The van der Waals surface area contributed by atoms with Gasteiger partial charge in [0.25, 0.3) is 0 Å². The van der Waals surface area contributed by atoms with Gasteiger partial charge >= 0.3 is 0 Å². The molecule has 0 spiro atoms. The van der Waals surface area contributed by atoms with E-state index in [2.05, 4.69) is 15.9 Å². The van der Waals surface area contributed by atoms with Crippen LogP contribution >= 0.6 is 38.1 Å². The van der Waals surface area contributed by atoms with Crippen molar-refractivity contribution in [2.45, 2.75) is 25.4 Å². The maximum absolute atomic E-state index is 5.86. The SMILES string of the molecule is C[Si](Cl)(Cl)CCCCBr. The standard InChI is InChI=1S/C5H11BrCl2Si/c1-9(7,8)5-3-2-4-6/h2-5H2,1H3. The molecule has 0 aromatic carbocycles. The predicted octanol–water partition coefficient (Wildman–Crippen LogP) is 3.71. The summed E-state index contributed by atoms with van der Waals surface area (Å²) in [5.41, 5.74) is 0. The average Bonchev–Trinajstić information content (AvgIpc) is 1.63. The Morgan fingerprint density at radius 3 is 2.22 bits per heavy atom.